The predicted octanol–water partition coefficient (Wildman–Crippen LogP) is 6.75. The van der Waals surface area contributed by atoms with Crippen molar-refractivity contribution in [3.05, 3.63) is 80.7 Å². The summed E-state index contributed by atoms with van der Waals surface area (Å²) in [4.78, 5) is 29.2. The van der Waals surface area contributed by atoms with Crippen molar-refractivity contribution in [2.75, 3.05) is 6.54 Å². The van der Waals surface area contributed by atoms with Crippen LogP contribution in [0.25, 0.3) is 21.5 Å². The van der Waals surface area contributed by atoms with Gasteiger partial charge in [-0.3, -0.25) is 4.79 Å². The molecule has 1 atom stereocenters. The summed E-state index contributed by atoms with van der Waals surface area (Å²) in [6.07, 6.45) is 0.651. The number of rotatable bonds is 3. The Bertz CT molecular complexity index is 1370. The largest absolute Gasteiger partial charge is 0.340 e. The molecule has 1 unspecified atom stereocenters. The van der Waals surface area contributed by atoms with Gasteiger partial charge in [0.2, 0.25) is 0 Å². The number of aromatic nitrogens is 3. The Labute approximate surface area is 199 Å². The van der Waals surface area contributed by atoms with Crippen molar-refractivity contribution < 1.29 is 4.79 Å². The Morgan fingerprint density at radius 1 is 1.16 bits per heavy atom. The molecule has 2 aromatic heterocycles. The number of hydrogen-bond donors (Lipinski definition) is 1. The first-order valence-electron chi connectivity index (χ1n) is 10.2. The maximum absolute atomic E-state index is 13.7. The number of likely N-dealkylation sites (tertiary alicyclic amines) is 1. The molecule has 1 N–H and O–H groups in total. The van der Waals surface area contributed by atoms with Gasteiger partial charge in [-0.15, -0.1) is 11.3 Å². The van der Waals surface area contributed by atoms with Gasteiger partial charge in [-0.2, -0.15) is 0 Å². The Morgan fingerprint density at radius 2 is 1.91 bits per heavy atom. The van der Waals surface area contributed by atoms with E-state index in [1.165, 1.54) is 11.3 Å². The van der Waals surface area contributed by atoms with Crippen molar-refractivity contribution in [2.45, 2.75) is 26.3 Å². The lowest BCUT2D eigenvalue weighted by Gasteiger charge is -2.22. The Kier molecular flexibility index (Phi) is 5.32. The molecule has 4 aromatic rings. The van der Waals surface area contributed by atoms with Crippen molar-refractivity contribution in [3.63, 3.8) is 0 Å². The van der Waals surface area contributed by atoms with E-state index in [1.54, 1.807) is 0 Å². The van der Waals surface area contributed by atoms with Gasteiger partial charge in [-0.1, -0.05) is 47.5 Å². The van der Waals surface area contributed by atoms with E-state index in [0.29, 0.717) is 28.7 Å². The van der Waals surface area contributed by atoms with Crippen molar-refractivity contribution in [3.8, 4) is 10.4 Å². The predicted molar refractivity (Wildman–Crippen MR) is 131 cm³/mol. The van der Waals surface area contributed by atoms with E-state index in [2.05, 4.69) is 16.5 Å². The molecule has 8 heteroatoms. The van der Waals surface area contributed by atoms with Crippen LogP contribution in [0.5, 0.6) is 0 Å². The molecule has 0 saturated carbocycles. The maximum Gasteiger partial charge on any atom is 0.274 e. The Morgan fingerprint density at radius 3 is 2.66 bits per heavy atom. The standard InChI is InChI=1S/C24H20Cl2N4OS/c1-12-10-19(23-28-18-9-8-17(26)13(2)20(18)29-23)30(11-12)24(31)21-22(32-14(3)27-21)15-4-6-16(25)7-5-15/h4-9,19H,1,10-11H2,2-3H3,(H,28,29). The van der Waals surface area contributed by atoms with E-state index in [9.17, 15) is 4.79 Å². The lowest BCUT2D eigenvalue weighted by molar-refractivity contribution is 0.0728. The van der Waals surface area contributed by atoms with Gasteiger partial charge in [0.15, 0.2) is 0 Å². The van der Waals surface area contributed by atoms with Crippen molar-refractivity contribution in [1.82, 2.24) is 19.9 Å². The van der Waals surface area contributed by atoms with Crippen LogP contribution >= 0.6 is 34.5 Å². The molecule has 0 spiro atoms. The molecule has 1 fully saturated rings. The number of nitrogens with zero attached hydrogens (tertiary/aromatic N) is 3. The molecule has 0 aliphatic carbocycles. The van der Waals surface area contributed by atoms with Gasteiger partial charge in [0.25, 0.3) is 5.91 Å². The van der Waals surface area contributed by atoms with Crippen molar-refractivity contribution in [1.29, 1.82) is 0 Å². The second kappa shape index (κ2) is 8.03. The van der Waals surface area contributed by atoms with E-state index in [-0.39, 0.29) is 11.9 Å². The van der Waals surface area contributed by atoms with Crippen LogP contribution in [0.15, 0.2) is 48.6 Å². The number of halogens is 2. The second-order valence-electron chi connectivity index (χ2n) is 8.01. The van der Waals surface area contributed by atoms with E-state index >= 15 is 0 Å². The highest BCUT2D eigenvalue weighted by Gasteiger charge is 2.37. The maximum atomic E-state index is 13.7. The fraction of sp³-hybridized carbons (Fsp3) is 0.208. The molecule has 3 heterocycles. The third-order valence-electron chi connectivity index (χ3n) is 5.73. The zero-order valence-electron chi connectivity index (χ0n) is 17.6. The number of hydrogen-bond acceptors (Lipinski definition) is 4. The summed E-state index contributed by atoms with van der Waals surface area (Å²) >= 11 is 13.8. The highest BCUT2D eigenvalue weighted by atomic mass is 35.5. The quantitative estimate of drug-likeness (QED) is 0.328. The first-order valence-corrected chi connectivity index (χ1v) is 11.7. The number of amides is 1. The summed E-state index contributed by atoms with van der Waals surface area (Å²) in [5.74, 6) is 0.607. The number of benzene rings is 2. The summed E-state index contributed by atoms with van der Waals surface area (Å²) < 4.78 is 0. The smallest absolute Gasteiger partial charge is 0.274 e. The summed E-state index contributed by atoms with van der Waals surface area (Å²) in [6, 6.07) is 11.0. The van der Waals surface area contributed by atoms with Gasteiger partial charge in [0.05, 0.1) is 27.0 Å². The molecule has 32 heavy (non-hydrogen) atoms. The number of nitrogens with one attached hydrogen (secondary N) is 1. The average molecular weight is 483 g/mol. The average Bonchev–Trinajstić information content (AvgIpc) is 3.47. The SMILES string of the molecule is C=C1CC(c2nc3c(C)c(Cl)ccc3[nH]2)N(C(=O)c2nc(C)sc2-c2ccc(Cl)cc2)C1. The highest BCUT2D eigenvalue weighted by molar-refractivity contribution is 7.15. The lowest BCUT2D eigenvalue weighted by atomic mass is 10.1. The van der Waals surface area contributed by atoms with Crippen LogP contribution in [0, 0.1) is 13.8 Å². The van der Waals surface area contributed by atoms with Crippen LogP contribution in [0.3, 0.4) is 0 Å². The first kappa shape index (κ1) is 21.2. The molecule has 1 aliphatic heterocycles. The van der Waals surface area contributed by atoms with Crippen LogP contribution in [-0.2, 0) is 0 Å². The zero-order valence-corrected chi connectivity index (χ0v) is 19.9. The van der Waals surface area contributed by atoms with Crippen LogP contribution in [-0.4, -0.2) is 32.3 Å². The lowest BCUT2D eigenvalue weighted by Crippen LogP contribution is -2.31. The Balaban J connectivity index is 1.54. The van der Waals surface area contributed by atoms with Gasteiger partial charge in [0, 0.05) is 16.6 Å². The molecule has 1 amide bonds. The van der Waals surface area contributed by atoms with Gasteiger partial charge < -0.3 is 9.88 Å². The minimum Gasteiger partial charge on any atom is -0.340 e. The summed E-state index contributed by atoms with van der Waals surface area (Å²) in [6.45, 7) is 8.47. The molecular weight excluding hydrogens is 463 g/mol. The number of fused-ring (bicyclic) bond motifs is 1. The van der Waals surface area contributed by atoms with E-state index in [0.717, 1.165) is 43.4 Å². The van der Waals surface area contributed by atoms with Gasteiger partial charge in [-0.05, 0) is 55.7 Å². The number of carbonyl (C=O) groups excluding carboxylic acids is 1. The van der Waals surface area contributed by atoms with Crippen LogP contribution in [0.1, 0.15) is 39.3 Å². The highest BCUT2D eigenvalue weighted by Crippen LogP contribution is 2.38. The summed E-state index contributed by atoms with van der Waals surface area (Å²) in [5.41, 5.74) is 5.00. The number of carbonyl (C=O) groups is 1. The fourth-order valence-electron chi connectivity index (χ4n) is 4.13. The second-order valence-corrected chi connectivity index (χ2v) is 10.1. The minimum atomic E-state index is -0.236. The number of thiazole rings is 1. The van der Waals surface area contributed by atoms with Crippen molar-refractivity contribution in [2.24, 2.45) is 0 Å². The molecule has 1 aliphatic rings. The fourth-order valence-corrected chi connectivity index (χ4v) is 5.32. The molecule has 2 aromatic carbocycles. The number of imidazole rings is 1. The molecule has 0 radical (unpaired) electrons. The van der Waals surface area contributed by atoms with E-state index in [4.69, 9.17) is 28.2 Å². The van der Waals surface area contributed by atoms with E-state index in [1.807, 2.05) is 55.1 Å². The van der Waals surface area contributed by atoms with Crippen LogP contribution in [0.4, 0.5) is 0 Å². The van der Waals surface area contributed by atoms with Crippen LogP contribution < -0.4 is 0 Å². The molecule has 5 rings (SSSR count). The molecule has 5 nitrogen and oxygen atoms in total. The summed E-state index contributed by atoms with van der Waals surface area (Å²) in [7, 11) is 0. The normalized spacial score (nSPS) is 16.3. The van der Waals surface area contributed by atoms with Crippen molar-refractivity contribution >= 4 is 51.5 Å². The van der Waals surface area contributed by atoms with E-state index < -0.39 is 0 Å². The number of aryl methyl sites for hydroxylation is 2. The topological polar surface area (TPSA) is 61.9 Å². The Hall–Kier alpha value is -2.67. The number of H-pyrrole nitrogens is 1. The van der Waals surface area contributed by atoms with Crippen LogP contribution in [0.2, 0.25) is 10.0 Å². The van der Waals surface area contributed by atoms with Gasteiger partial charge >= 0.3 is 0 Å². The third kappa shape index (κ3) is 3.62. The van der Waals surface area contributed by atoms with Gasteiger partial charge in [-0.25, -0.2) is 9.97 Å². The molecule has 162 valence electrons. The molecule has 1 saturated heterocycles. The monoisotopic (exact) mass is 482 g/mol. The van der Waals surface area contributed by atoms with Gasteiger partial charge in [0.1, 0.15) is 11.5 Å². The minimum absolute atomic E-state index is 0.127. The summed E-state index contributed by atoms with van der Waals surface area (Å²) in [5, 5.41) is 2.16. The third-order valence-corrected chi connectivity index (χ3v) is 7.41. The first-order chi connectivity index (χ1) is 15.3. The number of aromatic amines is 1. The molecule has 0 bridgehead atoms. The zero-order chi connectivity index (χ0) is 22.6. The molecular formula is C24H20Cl2N4OS.